The van der Waals surface area contributed by atoms with E-state index in [4.69, 9.17) is 4.74 Å². The third-order valence-corrected chi connectivity index (χ3v) is 6.13. The zero-order valence-corrected chi connectivity index (χ0v) is 18.8. The molecule has 0 bridgehead atoms. The van der Waals surface area contributed by atoms with E-state index in [0.717, 1.165) is 10.6 Å². The number of nitrogens with zero attached hydrogens (tertiary/aromatic N) is 1. The van der Waals surface area contributed by atoms with Crippen LogP contribution in [0, 0.1) is 5.82 Å². The number of amides is 1. The number of carbonyl (C=O) groups excluding carboxylic acids is 1. The van der Waals surface area contributed by atoms with Crippen LogP contribution < -0.4 is 14.4 Å². The van der Waals surface area contributed by atoms with E-state index in [0.29, 0.717) is 22.7 Å². The summed E-state index contributed by atoms with van der Waals surface area (Å²) in [7, 11) is -3.76. The average molecular weight is 457 g/mol. The molecule has 8 heteroatoms. The van der Waals surface area contributed by atoms with Crippen LogP contribution in [0.2, 0.25) is 0 Å². The number of benzene rings is 3. The first-order valence-corrected chi connectivity index (χ1v) is 11.9. The fourth-order valence-corrected chi connectivity index (χ4v) is 4.44. The highest BCUT2D eigenvalue weighted by molar-refractivity contribution is 7.92. The van der Waals surface area contributed by atoms with E-state index >= 15 is 0 Å². The van der Waals surface area contributed by atoms with Crippen LogP contribution in [0.1, 0.15) is 25.5 Å². The number of anilines is 1. The number of carbonyl (C=O) groups is 1. The number of nitrogens with one attached hydrogen (secondary N) is 1. The summed E-state index contributed by atoms with van der Waals surface area (Å²) >= 11 is 0. The molecule has 0 fully saturated rings. The van der Waals surface area contributed by atoms with Crippen molar-refractivity contribution in [2.24, 2.45) is 0 Å². The van der Waals surface area contributed by atoms with Gasteiger partial charge in [-0.1, -0.05) is 30.3 Å². The number of hydrogen-bond acceptors (Lipinski definition) is 4. The summed E-state index contributed by atoms with van der Waals surface area (Å²) in [6.07, 6.45) is 1.05. The van der Waals surface area contributed by atoms with Gasteiger partial charge in [-0.05, 0) is 67.9 Å². The summed E-state index contributed by atoms with van der Waals surface area (Å²) in [5.41, 5.74) is 1.05. The van der Waals surface area contributed by atoms with E-state index in [1.807, 2.05) is 30.3 Å². The van der Waals surface area contributed by atoms with Crippen LogP contribution in [0.15, 0.2) is 78.9 Å². The second-order valence-corrected chi connectivity index (χ2v) is 9.29. The molecular weight excluding hydrogens is 431 g/mol. The predicted molar refractivity (Wildman–Crippen MR) is 123 cm³/mol. The van der Waals surface area contributed by atoms with Crippen molar-refractivity contribution in [3.05, 3.63) is 90.2 Å². The molecule has 3 rings (SSSR count). The van der Waals surface area contributed by atoms with Gasteiger partial charge in [-0.25, -0.2) is 12.8 Å². The Morgan fingerprint density at radius 3 is 2.03 bits per heavy atom. The highest BCUT2D eigenvalue weighted by Gasteiger charge is 2.30. The van der Waals surface area contributed by atoms with Crippen LogP contribution >= 0.6 is 0 Å². The van der Waals surface area contributed by atoms with E-state index in [9.17, 15) is 17.6 Å². The number of rotatable bonds is 8. The molecule has 0 aliphatic rings. The molecule has 1 N–H and O–H groups in total. The highest BCUT2D eigenvalue weighted by atomic mass is 32.2. The number of ether oxygens (including phenoxy) is 1. The molecule has 32 heavy (non-hydrogen) atoms. The zero-order valence-electron chi connectivity index (χ0n) is 18.0. The lowest BCUT2D eigenvalue weighted by molar-refractivity contribution is -0.122. The molecule has 0 aliphatic carbocycles. The topological polar surface area (TPSA) is 75.7 Å². The molecule has 0 spiro atoms. The number of sulfonamides is 1. The van der Waals surface area contributed by atoms with Crippen LogP contribution in [0.5, 0.6) is 11.5 Å². The van der Waals surface area contributed by atoms with Gasteiger partial charge >= 0.3 is 0 Å². The van der Waals surface area contributed by atoms with Gasteiger partial charge in [0.25, 0.3) is 0 Å². The zero-order chi connectivity index (χ0) is 23.3. The quantitative estimate of drug-likeness (QED) is 0.535. The minimum Gasteiger partial charge on any atom is -0.457 e. The Labute approximate surface area is 187 Å². The second-order valence-electron chi connectivity index (χ2n) is 7.43. The molecular formula is C24H25FN2O4S. The maximum Gasteiger partial charge on any atom is 0.244 e. The standard InChI is InChI=1S/C24H25FN2O4S/c1-17(19-9-11-20(25)12-10-19)26-24(28)18(2)27(32(3,29)30)21-13-15-23(16-14-21)31-22-7-5-4-6-8-22/h4-18H,1-3H3,(H,26,28)/t17-,18+/m0/s1. The van der Waals surface area contributed by atoms with Crippen LogP contribution in [0.3, 0.4) is 0 Å². The van der Waals surface area contributed by atoms with Gasteiger partial charge in [-0.15, -0.1) is 0 Å². The molecule has 1 amide bonds. The van der Waals surface area contributed by atoms with Gasteiger partial charge in [-0.2, -0.15) is 0 Å². The molecule has 0 heterocycles. The summed E-state index contributed by atoms with van der Waals surface area (Å²) < 4.78 is 45.0. The van der Waals surface area contributed by atoms with Gasteiger partial charge in [0.15, 0.2) is 0 Å². The lowest BCUT2D eigenvalue weighted by Gasteiger charge is -2.29. The smallest absolute Gasteiger partial charge is 0.244 e. The van der Waals surface area contributed by atoms with E-state index in [2.05, 4.69) is 5.32 Å². The van der Waals surface area contributed by atoms with E-state index in [-0.39, 0.29) is 5.82 Å². The molecule has 0 saturated carbocycles. The van der Waals surface area contributed by atoms with Crippen molar-refractivity contribution in [2.45, 2.75) is 25.9 Å². The third-order valence-electron chi connectivity index (χ3n) is 4.89. The molecule has 3 aromatic rings. The lowest BCUT2D eigenvalue weighted by atomic mass is 10.1. The largest absolute Gasteiger partial charge is 0.457 e. The van der Waals surface area contributed by atoms with Crippen molar-refractivity contribution >= 4 is 21.6 Å². The normalized spacial score (nSPS) is 13.1. The van der Waals surface area contributed by atoms with Crippen molar-refractivity contribution in [3.63, 3.8) is 0 Å². The van der Waals surface area contributed by atoms with E-state index in [1.54, 1.807) is 43.3 Å². The van der Waals surface area contributed by atoms with Gasteiger partial charge < -0.3 is 10.1 Å². The summed E-state index contributed by atoms with van der Waals surface area (Å²) in [5.74, 6) is 0.346. The minimum absolute atomic E-state index is 0.338. The van der Waals surface area contributed by atoms with Gasteiger partial charge in [-0.3, -0.25) is 9.10 Å². The van der Waals surface area contributed by atoms with Crippen molar-refractivity contribution in [2.75, 3.05) is 10.6 Å². The molecule has 2 atom stereocenters. The first kappa shape index (κ1) is 23.3. The first-order chi connectivity index (χ1) is 15.1. The Hall–Kier alpha value is -3.39. The summed E-state index contributed by atoms with van der Waals surface area (Å²) in [4.78, 5) is 12.8. The molecule has 168 valence electrons. The molecule has 3 aromatic carbocycles. The number of hydrogen-bond donors (Lipinski definition) is 1. The Balaban J connectivity index is 1.76. The molecule has 6 nitrogen and oxygen atoms in total. The first-order valence-electron chi connectivity index (χ1n) is 10.0. The Morgan fingerprint density at radius 2 is 1.47 bits per heavy atom. The van der Waals surface area contributed by atoms with Crippen LogP contribution in [-0.2, 0) is 14.8 Å². The van der Waals surface area contributed by atoms with Crippen LogP contribution in [-0.4, -0.2) is 26.6 Å². The summed E-state index contributed by atoms with van der Waals surface area (Å²) in [6.45, 7) is 3.26. The Morgan fingerprint density at radius 1 is 0.906 bits per heavy atom. The minimum atomic E-state index is -3.76. The lowest BCUT2D eigenvalue weighted by Crippen LogP contribution is -2.48. The molecule has 0 saturated heterocycles. The van der Waals surface area contributed by atoms with Crippen LogP contribution in [0.25, 0.3) is 0 Å². The monoisotopic (exact) mass is 456 g/mol. The SMILES string of the molecule is C[C@H](NC(=O)[C@@H](C)N(c1ccc(Oc2ccccc2)cc1)S(C)(=O)=O)c1ccc(F)cc1. The molecule has 0 unspecified atom stereocenters. The summed E-state index contributed by atoms with van der Waals surface area (Å²) in [6, 6.07) is 20.0. The van der Waals surface area contributed by atoms with Gasteiger partial charge in [0.2, 0.25) is 15.9 Å². The van der Waals surface area contributed by atoms with Crippen molar-refractivity contribution in [1.82, 2.24) is 5.32 Å². The van der Waals surface area contributed by atoms with Gasteiger partial charge in [0, 0.05) is 0 Å². The number of para-hydroxylation sites is 1. The molecule has 0 aromatic heterocycles. The highest BCUT2D eigenvalue weighted by Crippen LogP contribution is 2.27. The van der Waals surface area contributed by atoms with Crippen LogP contribution in [0.4, 0.5) is 10.1 Å². The maximum absolute atomic E-state index is 13.1. The fraction of sp³-hybridized carbons (Fsp3) is 0.208. The average Bonchev–Trinajstić information content (AvgIpc) is 2.75. The Kier molecular flexibility index (Phi) is 7.15. The van der Waals surface area contributed by atoms with E-state index < -0.39 is 28.0 Å². The van der Waals surface area contributed by atoms with Gasteiger partial charge in [0.1, 0.15) is 23.4 Å². The third kappa shape index (κ3) is 5.85. The Bertz CT molecular complexity index is 1150. The van der Waals surface area contributed by atoms with Crippen molar-refractivity contribution < 1.29 is 22.3 Å². The van der Waals surface area contributed by atoms with Crippen molar-refractivity contribution in [1.29, 1.82) is 0 Å². The van der Waals surface area contributed by atoms with E-state index in [1.165, 1.54) is 19.1 Å². The fourth-order valence-electron chi connectivity index (χ4n) is 3.26. The van der Waals surface area contributed by atoms with Crippen molar-refractivity contribution in [3.8, 4) is 11.5 Å². The molecule has 0 radical (unpaired) electrons. The number of halogens is 1. The molecule has 0 aliphatic heterocycles. The van der Waals surface area contributed by atoms with Gasteiger partial charge in [0.05, 0.1) is 18.0 Å². The predicted octanol–water partition coefficient (Wildman–Crippen LogP) is 4.65. The summed E-state index contributed by atoms with van der Waals surface area (Å²) in [5, 5.41) is 2.79. The maximum atomic E-state index is 13.1. The second kappa shape index (κ2) is 9.82.